The lowest BCUT2D eigenvalue weighted by Gasteiger charge is -2.48. The molecule has 150 valence electrons. The van der Waals surface area contributed by atoms with Gasteiger partial charge in [-0.05, 0) is 47.5 Å². The van der Waals surface area contributed by atoms with Crippen molar-refractivity contribution in [1.82, 2.24) is 14.7 Å². The van der Waals surface area contributed by atoms with E-state index in [1.54, 1.807) is 0 Å². The number of rotatable bonds is 8. The first kappa shape index (κ1) is 21.7. The standard InChI is InChI=1S/C22H41N3O/c1-7-22(5,6)25-18-20(19-25)26-17-9-12-24-15-13-23(14-16-24)11-8-10-21(2,3)4/h20H,7,9,11-19H2,1-6H3. The molecule has 0 aromatic rings. The number of piperazine rings is 1. The van der Waals surface area contributed by atoms with E-state index < -0.39 is 0 Å². The van der Waals surface area contributed by atoms with Gasteiger partial charge in [-0.2, -0.15) is 0 Å². The second kappa shape index (κ2) is 9.55. The number of hydrogen-bond acceptors (Lipinski definition) is 4. The van der Waals surface area contributed by atoms with Crippen molar-refractivity contribution in [3.05, 3.63) is 0 Å². The summed E-state index contributed by atoms with van der Waals surface area (Å²) in [4.78, 5) is 7.59. The van der Waals surface area contributed by atoms with Crippen LogP contribution in [0.5, 0.6) is 0 Å². The summed E-state index contributed by atoms with van der Waals surface area (Å²) >= 11 is 0. The minimum atomic E-state index is 0.117. The molecule has 0 bridgehead atoms. The second-order valence-corrected chi connectivity index (χ2v) is 9.59. The monoisotopic (exact) mass is 363 g/mol. The van der Waals surface area contributed by atoms with Crippen LogP contribution in [-0.4, -0.2) is 85.3 Å². The Morgan fingerprint density at radius 2 is 1.58 bits per heavy atom. The molecule has 0 amide bonds. The Hall–Kier alpha value is -0.600. The average Bonchev–Trinajstić information content (AvgIpc) is 2.53. The third kappa shape index (κ3) is 7.19. The Morgan fingerprint density at radius 3 is 2.15 bits per heavy atom. The highest BCUT2D eigenvalue weighted by Crippen LogP contribution is 2.26. The first-order valence-corrected chi connectivity index (χ1v) is 10.5. The Morgan fingerprint density at radius 1 is 0.962 bits per heavy atom. The molecule has 2 aliphatic rings. The van der Waals surface area contributed by atoms with Crippen LogP contribution in [0.3, 0.4) is 0 Å². The van der Waals surface area contributed by atoms with Crippen LogP contribution in [0.4, 0.5) is 0 Å². The van der Waals surface area contributed by atoms with Crippen LogP contribution >= 0.6 is 0 Å². The minimum absolute atomic E-state index is 0.117. The Labute approximate surface area is 162 Å². The van der Waals surface area contributed by atoms with E-state index in [9.17, 15) is 0 Å². The van der Waals surface area contributed by atoms with E-state index in [-0.39, 0.29) is 5.41 Å². The lowest BCUT2D eigenvalue weighted by atomic mass is 9.94. The summed E-state index contributed by atoms with van der Waals surface area (Å²) in [6, 6.07) is 0. The molecule has 0 aromatic heterocycles. The Bertz CT molecular complexity index is 472. The molecule has 2 fully saturated rings. The van der Waals surface area contributed by atoms with Crippen LogP contribution in [0.15, 0.2) is 0 Å². The normalized spacial score (nSPS) is 21.3. The molecule has 4 nitrogen and oxygen atoms in total. The summed E-state index contributed by atoms with van der Waals surface area (Å²) in [5.74, 6) is 6.67. The summed E-state index contributed by atoms with van der Waals surface area (Å²) in [5.41, 5.74) is 0.447. The second-order valence-electron chi connectivity index (χ2n) is 9.59. The van der Waals surface area contributed by atoms with Crippen molar-refractivity contribution in [1.29, 1.82) is 0 Å². The summed E-state index contributed by atoms with van der Waals surface area (Å²) in [6.45, 7) is 23.3. The van der Waals surface area contributed by atoms with Gasteiger partial charge in [-0.15, -0.1) is 0 Å². The largest absolute Gasteiger partial charge is 0.376 e. The highest BCUT2D eigenvalue weighted by Gasteiger charge is 2.36. The first-order valence-electron chi connectivity index (χ1n) is 10.5. The lowest BCUT2D eigenvalue weighted by molar-refractivity contribution is -0.0950. The molecule has 4 heteroatoms. The maximum Gasteiger partial charge on any atom is 0.0829 e. The zero-order valence-electron chi connectivity index (χ0n) is 18.1. The molecule has 0 radical (unpaired) electrons. The molecule has 0 spiro atoms. The number of nitrogens with zero attached hydrogens (tertiary/aromatic N) is 3. The van der Waals surface area contributed by atoms with Gasteiger partial charge in [0.25, 0.3) is 0 Å². The van der Waals surface area contributed by atoms with Gasteiger partial charge in [0.15, 0.2) is 0 Å². The smallest absolute Gasteiger partial charge is 0.0829 e. The molecule has 2 saturated heterocycles. The number of hydrogen-bond donors (Lipinski definition) is 0. The van der Waals surface area contributed by atoms with Crippen LogP contribution in [0, 0.1) is 17.3 Å². The van der Waals surface area contributed by atoms with Gasteiger partial charge in [0.2, 0.25) is 0 Å². The van der Waals surface area contributed by atoms with E-state index in [0.717, 1.165) is 45.8 Å². The average molecular weight is 364 g/mol. The summed E-state index contributed by atoms with van der Waals surface area (Å²) in [7, 11) is 0. The molecule has 2 aliphatic heterocycles. The molecular weight excluding hydrogens is 322 g/mol. The Balaban J connectivity index is 1.50. The molecule has 0 aromatic carbocycles. The molecule has 0 unspecified atom stereocenters. The van der Waals surface area contributed by atoms with Gasteiger partial charge in [0.1, 0.15) is 0 Å². The van der Waals surface area contributed by atoms with Crippen molar-refractivity contribution in [3.63, 3.8) is 0 Å². The van der Waals surface area contributed by atoms with Crippen LogP contribution in [0.2, 0.25) is 0 Å². The van der Waals surface area contributed by atoms with Crippen LogP contribution in [0.1, 0.15) is 54.4 Å². The van der Waals surface area contributed by atoms with Crippen molar-refractivity contribution in [2.75, 3.05) is 59.0 Å². The van der Waals surface area contributed by atoms with Gasteiger partial charge in [-0.1, -0.05) is 18.8 Å². The predicted octanol–water partition coefficient (Wildman–Crippen LogP) is 2.93. The van der Waals surface area contributed by atoms with Crippen molar-refractivity contribution in [2.24, 2.45) is 5.41 Å². The van der Waals surface area contributed by atoms with Crippen molar-refractivity contribution in [2.45, 2.75) is 66.0 Å². The third-order valence-electron chi connectivity index (χ3n) is 5.77. The highest BCUT2D eigenvalue weighted by molar-refractivity contribution is 5.08. The summed E-state index contributed by atoms with van der Waals surface area (Å²) in [6.07, 6.45) is 2.81. The molecule has 26 heavy (non-hydrogen) atoms. The molecule has 2 heterocycles. The number of likely N-dealkylation sites (tertiary alicyclic amines) is 1. The van der Waals surface area contributed by atoms with Gasteiger partial charge in [0.05, 0.1) is 12.6 Å². The topological polar surface area (TPSA) is 19.0 Å². The van der Waals surface area contributed by atoms with E-state index in [1.165, 1.54) is 26.1 Å². The maximum absolute atomic E-state index is 6.05. The van der Waals surface area contributed by atoms with E-state index in [4.69, 9.17) is 4.74 Å². The van der Waals surface area contributed by atoms with Crippen molar-refractivity contribution >= 4 is 0 Å². The van der Waals surface area contributed by atoms with Gasteiger partial charge in [-0.25, -0.2) is 0 Å². The van der Waals surface area contributed by atoms with Crippen molar-refractivity contribution < 1.29 is 4.74 Å². The predicted molar refractivity (Wildman–Crippen MR) is 110 cm³/mol. The lowest BCUT2D eigenvalue weighted by Crippen LogP contribution is -2.60. The molecule has 0 N–H and O–H groups in total. The van der Waals surface area contributed by atoms with E-state index >= 15 is 0 Å². The van der Waals surface area contributed by atoms with Gasteiger partial charge < -0.3 is 9.64 Å². The SMILES string of the molecule is CCC(C)(C)N1CC(OCCCN2CCN(CC#CC(C)(C)C)CC2)C1. The fraction of sp³-hybridized carbons (Fsp3) is 0.909. The highest BCUT2D eigenvalue weighted by atomic mass is 16.5. The fourth-order valence-corrected chi connectivity index (χ4v) is 3.39. The van der Waals surface area contributed by atoms with E-state index in [0.29, 0.717) is 11.6 Å². The molecule has 2 rings (SSSR count). The van der Waals surface area contributed by atoms with Gasteiger partial charge in [0, 0.05) is 63.4 Å². The molecule has 0 aliphatic carbocycles. The maximum atomic E-state index is 6.05. The number of ether oxygens (including phenoxy) is 1. The van der Waals surface area contributed by atoms with Crippen molar-refractivity contribution in [3.8, 4) is 11.8 Å². The quantitative estimate of drug-likeness (QED) is 0.487. The third-order valence-corrected chi connectivity index (χ3v) is 5.77. The first-order chi connectivity index (χ1) is 12.2. The summed E-state index contributed by atoms with van der Waals surface area (Å²) < 4.78 is 6.05. The molecular formula is C22H41N3O. The zero-order chi connectivity index (χ0) is 19.2. The minimum Gasteiger partial charge on any atom is -0.376 e. The summed E-state index contributed by atoms with van der Waals surface area (Å²) in [5, 5.41) is 0. The van der Waals surface area contributed by atoms with Crippen LogP contribution < -0.4 is 0 Å². The van der Waals surface area contributed by atoms with E-state index in [2.05, 4.69) is 68.1 Å². The van der Waals surface area contributed by atoms with E-state index in [1.807, 2.05) is 0 Å². The fourth-order valence-electron chi connectivity index (χ4n) is 3.39. The molecule has 0 atom stereocenters. The Kier molecular flexibility index (Phi) is 7.97. The molecule has 0 saturated carbocycles. The van der Waals surface area contributed by atoms with Gasteiger partial charge in [-0.3, -0.25) is 9.80 Å². The van der Waals surface area contributed by atoms with Crippen LogP contribution in [-0.2, 0) is 4.74 Å². The van der Waals surface area contributed by atoms with Crippen LogP contribution in [0.25, 0.3) is 0 Å². The zero-order valence-corrected chi connectivity index (χ0v) is 18.1. The van der Waals surface area contributed by atoms with Gasteiger partial charge >= 0.3 is 0 Å².